The molecule has 26 heavy (non-hydrogen) atoms. The van der Waals surface area contributed by atoms with E-state index < -0.39 is 5.97 Å². The third-order valence-corrected chi connectivity index (χ3v) is 4.78. The molecule has 1 N–H and O–H groups in total. The van der Waals surface area contributed by atoms with Gasteiger partial charge in [-0.25, -0.2) is 4.98 Å². The van der Waals surface area contributed by atoms with Crippen molar-refractivity contribution in [1.29, 1.82) is 0 Å². The lowest BCUT2D eigenvalue weighted by Crippen LogP contribution is -2.23. The summed E-state index contributed by atoms with van der Waals surface area (Å²) < 4.78 is 5.68. The first-order chi connectivity index (χ1) is 12.5. The zero-order chi connectivity index (χ0) is 18.7. The van der Waals surface area contributed by atoms with Gasteiger partial charge in [-0.1, -0.05) is 30.1 Å². The van der Waals surface area contributed by atoms with E-state index in [1.54, 1.807) is 30.3 Å². The van der Waals surface area contributed by atoms with Gasteiger partial charge in [0.1, 0.15) is 17.3 Å². The van der Waals surface area contributed by atoms with Crippen LogP contribution in [0.25, 0.3) is 17.4 Å². The topological polar surface area (TPSA) is 94.8 Å². The Hall–Kier alpha value is -2.22. The van der Waals surface area contributed by atoms with Crippen molar-refractivity contribution in [2.24, 2.45) is 0 Å². The third-order valence-electron chi connectivity index (χ3n) is 3.34. The number of rotatable bonds is 6. The van der Waals surface area contributed by atoms with E-state index >= 15 is 0 Å². The molecule has 0 aliphatic heterocycles. The van der Waals surface area contributed by atoms with E-state index in [2.05, 4.69) is 15.2 Å². The number of carbonyl (C=O) groups excluding carboxylic acids is 1. The fourth-order valence-corrected chi connectivity index (χ4v) is 3.19. The van der Waals surface area contributed by atoms with Crippen LogP contribution in [0.1, 0.15) is 18.5 Å². The SMILES string of the molecule is CCc1nc(S/C(=C/c2ccc(-c3cc(Cl)ccc3Cl)o2)C(=O)[O-])n[nH]1. The van der Waals surface area contributed by atoms with Gasteiger partial charge in [-0.05, 0) is 48.2 Å². The molecule has 0 aliphatic rings. The fraction of sp³-hybridized carbons (Fsp3) is 0.118. The Morgan fingerprint density at radius 1 is 1.35 bits per heavy atom. The minimum absolute atomic E-state index is 0.0789. The summed E-state index contributed by atoms with van der Waals surface area (Å²) in [6.45, 7) is 1.91. The second kappa shape index (κ2) is 7.99. The summed E-state index contributed by atoms with van der Waals surface area (Å²) in [5, 5.41) is 19.4. The predicted molar refractivity (Wildman–Crippen MR) is 98.8 cm³/mol. The molecule has 0 aliphatic carbocycles. The molecular formula is C17H12Cl2N3O3S-. The fourth-order valence-electron chi connectivity index (χ4n) is 2.10. The van der Waals surface area contributed by atoms with Gasteiger partial charge in [0, 0.05) is 21.9 Å². The third kappa shape index (κ3) is 4.30. The first-order valence-corrected chi connectivity index (χ1v) is 9.11. The van der Waals surface area contributed by atoms with Crippen molar-refractivity contribution in [3.8, 4) is 11.3 Å². The first kappa shape index (κ1) is 18.6. The molecule has 2 aromatic heterocycles. The number of aromatic nitrogens is 3. The van der Waals surface area contributed by atoms with Crippen LogP contribution in [-0.4, -0.2) is 21.2 Å². The number of benzene rings is 1. The Bertz CT molecular complexity index is 981. The van der Waals surface area contributed by atoms with Gasteiger partial charge in [-0.15, -0.1) is 5.10 Å². The molecule has 2 heterocycles. The molecule has 0 atom stereocenters. The Morgan fingerprint density at radius 3 is 2.85 bits per heavy atom. The number of H-pyrrole nitrogens is 1. The van der Waals surface area contributed by atoms with Crippen molar-refractivity contribution < 1.29 is 14.3 Å². The molecule has 134 valence electrons. The first-order valence-electron chi connectivity index (χ1n) is 7.53. The van der Waals surface area contributed by atoms with E-state index in [4.69, 9.17) is 27.6 Å². The highest BCUT2D eigenvalue weighted by atomic mass is 35.5. The van der Waals surface area contributed by atoms with Crippen LogP contribution >= 0.6 is 35.0 Å². The van der Waals surface area contributed by atoms with E-state index in [1.165, 1.54) is 6.08 Å². The van der Waals surface area contributed by atoms with Crippen molar-refractivity contribution in [1.82, 2.24) is 15.2 Å². The number of halogens is 2. The average molecular weight is 409 g/mol. The van der Waals surface area contributed by atoms with E-state index in [0.717, 1.165) is 11.8 Å². The number of carbonyl (C=O) groups is 1. The number of nitrogens with zero attached hydrogens (tertiary/aromatic N) is 2. The molecule has 3 aromatic rings. The molecule has 0 unspecified atom stereocenters. The summed E-state index contributed by atoms with van der Waals surface area (Å²) in [7, 11) is 0. The Kier molecular flexibility index (Phi) is 5.70. The lowest BCUT2D eigenvalue weighted by Gasteiger charge is -2.04. The van der Waals surface area contributed by atoms with Crippen LogP contribution in [0.15, 0.2) is 44.8 Å². The minimum atomic E-state index is -1.35. The van der Waals surface area contributed by atoms with Crippen LogP contribution < -0.4 is 5.11 Å². The summed E-state index contributed by atoms with van der Waals surface area (Å²) in [4.78, 5) is 15.5. The summed E-state index contributed by atoms with van der Waals surface area (Å²) in [5.41, 5.74) is 0.614. The summed E-state index contributed by atoms with van der Waals surface area (Å²) in [5.74, 6) is 0.115. The highest BCUT2D eigenvalue weighted by Crippen LogP contribution is 2.33. The number of hydrogen-bond acceptors (Lipinski definition) is 6. The number of aliphatic carboxylic acids is 1. The largest absolute Gasteiger partial charge is 0.544 e. The van der Waals surface area contributed by atoms with Crippen molar-refractivity contribution in [3.05, 3.63) is 56.9 Å². The molecule has 0 saturated heterocycles. The predicted octanol–water partition coefficient (Wildman–Crippen LogP) is 3.82. The molecule has 0 fully saturated rings. The van der Waals surface area contributed by atoms with E-state index in [1.807, 2.05) is 6.92 Å². The Labute approximate surface area is 163 Å². The smallest absolute Gasteiger partial charge is 0.213 e. The lowest BCUT2D eigenvalue weighted by atomic mass is 10.2. The zero-order valence-electron chi connectivity index (χ0n) is 13.5. The zero-order valence-corrected chi connectivity index (χ0v) is 15.8. The summed E-state index contributed by atoms with van der Waals surface area (Å²) in [6, 6.07) is 8.32. The van der Waals surface area contributed by atoms with Gasteiger partial charge < -0.3 is 14.3 Å². The standard InChI is InChI=1S/C17H13Cl2N3O3S/c1-2-15-20-17(22-21-15)26-14(16(23)24)8-10-4-6-13(25-10)11-7-9(18)3-5-12(11)19/h3-8H,2H2,1H3,(H,23,24)(H,20,21,22)/p-1/b14-8+. The van der Waals surface area contributed by atoms with Crippen LogP contribution in [0.3, 0.4) is 0 Å². The lowest BCUT2D eigenvalue weighted by molar-refractivity contribution is -0.298. The van der Waals surface area contributed by atoms with Gasteiger partial charge in [0.2, 0.25) is 5.16 Å². The van der Waals surface area contributed by atoms with Gasteiger partial charge in [-0.3, -0.25) is 5.10 Å². The highest BCUT2D eigenvalue weighted by molar-refractivity contribution is 8.04. The Morgan fingerprint density at radius 2 is 2.15 bits per heavy atom. The minimum Gasteiger partial charge on any atom is -0.544 e. The number of carboxylic acids is 1. The van der Waals surface area contributed by atoms with Crippen LogP contribution in [-0.2, 0) is 11.2 Å². The van der Waals surface area contributed by atoms with E-state index in [0.29, 0.717) is 44.5 Å². The maximum absolute atomic E-state index is 11.4. The van der Waals surface area contributed by atoms with Crippen LogP contribution in [0.4, 0.5) is 0 Å². The molecule has 0 amide bonds. The molecule has 0 radical (unpaired) electrons. The molecule has 6 nitrogen and oxygen atoms in total. The number of thioether (sulfide) groups is 1. The Balaban J connectivity index is 1.88. The summed E-state index contributed by atoms with van der Waals surface area (Å²) in [6.07, 6.45) is 2.02. The molecule has 0 saturated carbocycles. The van der Waals surface area contributed by atoms with Gasteiger partial charge in [0.25, 0.3) is 0 Å². The number of hydrogen-bond donors (Lipinski definition) is 1. The number of aromatic amines is 1. The molecule has 3 rings (SSSR count). The van der Waals surface area contributed by atoms with Crippen LogP contribution in [0.5, 0.6) is 0 Å². The second-order valence-electron chi connectivity index (χ2n) is 5.14. The number of nitrogens with one attached hydrogen (secondary N) is 1. The van der Waals surface area contributed by atoms with Crippen molar-refractivity contribution in [2.45, 2.75) is 18.5 Å². The van der Waals surface area contributed by atoms with Crippen LogP contribution in [0, 0.1) is 0 Å². The van der Waals surface area contributed by atoms with Gasteiger partial charge in [-0.2, -0.15) is 0 Å². The number of furan rings is 1. The quantitative estimate of drug-likeness (QED) is 0.491. The number of aryl methyl sites for hydroxylation is 1. The molecule has 0 spiro atoms. The maximum Gasteiger partial charge on any atom is 0.213 e. The van der Waals surface area contributed by atoms with Crippen molar-refractivity contribution >= 4 is 47.0 Å². The second-order valence-corrected chi connectivity index (χ2v) is 7.00. The molecule has 0 bridgehead atoms. The van der Waals surface area contributed by atoms with Crippen molar-refractivity contribution in [3.63, 3.8) is 0 Å². The van der Waals surface area contributed by atoms with Gasteiger partial charge in [0.05, 0.1) is 11.0 Å². The normalized spacial score (nSPS) is 11.7. The van der Waals surface area contributed by atoms with E-state index in [9.17, 15) is 9.90 Å². The average Bonchev–Trinajstić information content (AvgIpc) is 3.25. The van der Waals surface area contributed by atoms with Gasteiger partial charge >= 0.3 is 0 Å². The van der Waals surface area contributed by atoms with Gasteiger partial charge in [0.15, 0.2) is 0 Å². The highest BCUT2D eigenvalue weighted by Gasteiger charge is 2.12. The van der Waals surface area contributed by atoms with E-state index in [-0.39, 0.29) is 4.91 Å². The maximum atomic E-state index is 11.4. The molecule has 9 heteroatoms. The van der Waals surface area contributed by atoms with Crippen LogP contribution in [0.2, 0.25) is 10.0 Å². The molecule has 1 aromatic carbocycles. The summed E-state index contributed by atoms with van der Waals surface area (Å²) >= 11 is 13.0. The molecular weight excluding hydrogens is 397 g/mol. The number of carboxylic acid groups (broad SMARTS) is 1. The van der Waals surface area contributed by atoms with Crippen molar-refractivity contribution in [2.75, 3.05) is 0 Å². The monoisotopic (exact) mass is 408 g/mol.